The topological polar surface area (TPSA) is 36.9 Å². The number of hydrogen-bond acceptors (Lipinski definition) is 4. The van der Waals surface area contributed by atoms with Crippen molar-refractivity contribution in [3.05, 3.63) is 0 Å². The Morgan fingerprint density at radius 3 is 1.74 bits per heavy atom. The van der Waals surface area contributed by atoms with Crippen molar-refractivity contribution in [2.45, 2.75) is 84.0 Å². The van der Waals surface area contributed by atoms with Gasteiger partial charge in [-0.05, 0) is 25.7 Å². The fourth-order valence-electron chi connectivity index (χ4n) is 3.02. The van der Waals surface area contributed by atoms with Gasteiger partial charge in [-0.2, -0.15) is 0 Å². The Morgan fingerprint density at radius 2 is 1.17 bits per heavy atom. The fraction of sp³-hybridized carbons (Fsp3) is 1.00. The van der Waals surface area contributed by atoms with Crippen molar-refractivity contribution in [3.8, 4) is 0 Å². The minimum absolute atomic E-state index is 0.235. The smallest absolute Gasteiger partial charge is 0.285 e. The highest BCUT2D eigenvalue weighted by Crippen LogP contribution is 2.32. The van der Waals surface area contributed by atoms with Crippen molar-refractivity contribution in [1.29, 1.82) is 0 Å². The summed E-state index contributed by atoms with van der Waals surface area (Å²) in [5.74, 6) is -0.687. The highest BCUT2D eigenvalue weighted by atomic mass is 16.9. The molecule has 0 heterocycles. The molecular formula is C19H40O4. The van der Waals surface area contributed by atoms with Crippen LogP contribution in [0.5, 0.6) is 0 Å². The van der Waals surface area contributed by atoms with Gasteiger partial charge in [-0.3, -0.25) is 0 Å². The van der Waals surface area contributed by atoms with Gasteiger partial charge in [0.05, 0.1) is 0 Å². The summed E-state index contributed by atoms with van der Waals surface area (Å²) < 4.78 is 22.4. The summed E-state index contributed by atoms with van der Waals surface area (Å²) in [7, 11) is 4.98. The molecule has 1 unspecified atom stereocenters. The van der Waals surface area contributed by atoms with E-state index in [1.54, 1.807) is 21.3 Å². The number of unbranched alkanes of at least 4 members (excludes halogenated alkanes) is 5. The van der Waals surface area contributed by atoms with Gasteiger partial charge in [0.1, 0.15) is 0 Å². The molecule has 0 saturated carbocycles. The molecule has 0 aromatic heterocycles. The van der Waals surface area contributed by atoms with E-state index in [0.29, 0.717) is 0 Å². The van der Waals surface area contributed by atoms with E-state index in [-0.39, 0.29) is 5.92 Å². The molecule has 0 N–H and O–H groups in total. The first-order valence-corrected chi connectivity index (χ1v) is 9.43. The summed E-state index contributed by atoms with van der Waals surface area (Å²) >= 11 is 0. The quantitative estimate of drug-likeness (QED) is 0.272. The minimum atomic E-state index is -0.922. The molecule has 0 aromatic rings. The minimum Gasteiger partial charge on any atom is -0.381 e. The first-order chi connectivity index (χ1) is 11.2. The Morgan fingerprint density at radius 1 is 0.652 bits per heavy atom. The van der Waals surface area contributed by atoms with Gasteiger partial charge in [0.2, 0.25) is 0 Å². The Kier molecular flexibility index (Phi) is 15.3. The monoisotopic (exact) mass is 332 g/mol. The lowest BCUT2D eigenvalue weighted by molar-refractivity contribution is -0.380. The molecule has 140 valence electrons. The third-order valence-electron chi connectivity index (χ3n) is 4.49. The lowest BCUT2D eigenvalue weighted by Gasteiger charge is -2.36. The molecule has 0 saturated heterocycles. The maximum Gasteiger partial charge on any atom is 0.285 e. The standard InChI is InChI=1S/C19H40O4/c1-6-8-10-11-12-14-18(19(20-3,21-4)22-5)15-13-17-23-16-9-7-2/h18H,6-17H2,1-5H3. The molecule has 0 aliphatic heterocycles. The second-order valence-electron chi connectivity index (χ2n) is 6.22. The van der Waals surface area contributed by atoms with Crippen molar-refractivity contribution >= 4 is 0 Å². The largest absolute Gasteiger partial charge is 0.381 e. The van der Waals surface area contributed by atoms with E-state index >= 15 is 0 Å². The maximum atomic E-state index is 5.67. The zero-order valence-electron chi connectivity index (χ0n) is 16.2. The Balaban J connectivity index is 4.31. The Bertz CT molecular complexity index is 233. The van der Waals surface area contributed by atoms with Gasteiger partial charge in [-0.1, -0.05) is 52.4 Å². The van der Waals surface area contributed by atoms with Crippen molar-refractivity contribution in [2.75, 3.05) is 34.5 Å². The zero-order chi connectivity index (χ0) is 17.4. The van der Waals surface area contributed by atoms with Crippen molar-refractivity contribution in [3.63, 3.8) is 0 Å². The molecule has 0 radical (unpaired) electrons. The molecule has 4 heteroatoms. The molecule has 0 amide bonds. The van der Waals surface area contributed by atoms with Crippen LogP contribution in [0.25, 0.3) is 0 Å². The van der Waals surface area contributed by atoms with Gasteiger partial charge >= 0.3 is 0 Å². The molecule has 0 aromatic carbocycles. The van der Waals surface area contributed by atoms with Crippen LogP contribution in [0.15, 0.2) is 0 Å². The van der Waals surface area contributed by atoms with E-state index in [9.17, 15) is 0 Å². The lowest BCUT2D eigenvalue weighted by Crippen LogP contribution is -2.44. The third-order valence-corrected chi connectivity index (χ3v) is 4.49. The normalized spacial score (nSPS) is 13.4. The van der Waals surface area contributed by atoms with Crippen LogP contribution in [0, 0.1) is 5.92 Å². The fourth-order valence-corrected chi connectivity index (χ4v) is 3.02. The Hall–Kier alpha value is -0.160. The predicted molar refractivity (Wildman–Crippen MR) is 95.6 cm³/mol. The van der Waals surface area contributed by atoms with Crippen LogP contribution in [0.2, 0.25) is 0 Å². The molecule has 0 fully saturated rings. The molecule has 23 heavy (non-hydrogen) atoms. The molecule has 0 aliphatic carbocycles. The van der Waals surface area contributed by atoms with Crippen LogP contribution in [-0.4, -0.2) is 40.5 Å². The van der Waals surface area contributed by atoms with Gasteiger partial charge in [0, 0.05) is 40.5 Å². The summed E-state index contributed by atoms with van der Waals surface area (Å²) in [5, 5.41) is 0. The average molecular weight is 333 g/mol. The van der Waals surface area contributed by atoms with E-state index in [1.807, 2.05) is 0 Å². The predicted octanol–water partition coefficient (Wildman–Crippen LogP) is 5.15. The van der Waals surface area contributed by atoms with Crippen molar-refractivity contribution in [1.82, 2.24) is 0 Å². The first kappa shape index (κ1) is 22.8. The molecule has 0 spiro atoms. The van der Waals surface area contributed by atoms with Crippen molar-refractivity contribution in [2.24, 2.45) is 5.92 Å². The highest BCUT2D eigenvalue weighted by molar-refractivity contribution is 4.71. The Labute approximate surface area is 144 Å². The van der Waals surface area contributed by atoms with Crippen LogP contribution in [0.4, 0.5) is 0 Å². The van der Waals surface area contributed by atoms with Gasteiger partial charge in [-0.15, -0.1) is 0 Å². The highest BCUT2D eigenvalue weighted by Gasteiger charge is 2.39. The van der Waals surface area contributed by atoms with E-state index in [4.69, 9.17) is 18.9 Å². The van der Waals surface area contributed by atoms with E-state index in [1.165, 1.54) is 38.5 Å². The van der Waals surface area contributed by atoms with Crippen LogP contribution in [0.1, 0.15) is 78.1 Å². The van der Waals surface area contributed by atoms with Gasteiger partial charge in [0.15, 0.2) is 0 Å². The second-order valence-corrected chi connectivity index (χ2v) is 6.22. The van der Waals surface area contributed by atoms with Gasteiger partial charge in [-0.25, -0.2) is 0 Å². The SMILES string of the molecule is CCCCCCCC(CCCOCCCC)C(OC)(OC)OC. The molecule has 4 nitrogen and oxygen atoms in total. The maximum absolute atomic E-state index is 5.67. The van der Waals surface area contributed by atoms with Gasteiger partial charge < -0.3 is 18.9 Å². The van der Waals surface area contributed by atoms with E-state index in [0.717, 1.165) is 38.9 Å². The van der Waals surface area contributed by atoms with E-state index in [2.05, 4.69) is 13.8 Å². The van der Waals surface area contributed by atoms with Crippen LogP contribution >= 0.6 is 0 Å². The zero-order valence-corrected chi connectivity index (χ0v) is 16.2. The number of methoxy groups -OCH3 is 3. The van der Waals surface area contributed by atoms with Crippen LogP contribution < -0.4 is 0 Å². The summed E-state index contributed by atoms with van der Waals surface area (Å²) in [4.78, 5) is 0. The van der Waals surface area contributed by atoms with Gasteiger partial charge in [0.25, 0.3) is 5.97 Å². The molecule has 0 bridgehead atoms. The molecule has 0 rings (SSSR count). The third kappa shape index (κ3) is 9.65. The van der Waals surface area contributed by atoms with Crippen LogP contribution in [-0.2, 0) is 18.9 Å². The summed E-state index contributed by atoms with van der Waals surface area (Å²) in [6.07, 6.45) is 11.8. The molecule has 1 atom stereocenters. The molecular weight excluding hydrogens is 292 g/mol. The summed E-state index contributed by atoms with van der Waals surface area (Å²) in [6.45, 7) is 6.09. The number of ether oxygens (including phenoxy) is 4. The molecule has 0 aliphatic rings. The van der Waals surface area contributed by atoms with E-state index < -0.39 is 5.97 Å². The second kappa shape index (κ2) is 15.4. The lowest BCUT2D eigenvalue weighted by atomic mass is 9.93. The number of hydrogen-bond donors (Lipinski definition) is 0. The number of rotatable bonds is 17. The van der Waals surface area contributed by atoms with Crippen LogP contribution in [0.3, 0.4) is 0 Å². The summed E-state index contributed by atoms with van der Waals surface area (Å²) in [6, 6.07) is 0. The summed E-state index contributed by atoms with van der Waals surface area (Å²) in [5.41, 5.74) is 0. The first-order valence-electron chi connectivity index (χ1n) is 9.43. The average Bonchev–Trinajstić information content (AvgIpc) is 2.58. The van der Waals surface area contributed by atoms with Crippen molar-refractivity contribution < 1.29 is 18.9 Å².